The molecule has 0 rings (SSSR count). The summed E-state index contributed by atoms with van der Waals surface area (Å²) in [6, 6.07) is 0. The van der Waals surface area contributed by atoms with E-state index in [1.165, 1.54) is 0 Å². The minimum absolute atomic E-state index is 0. The first kappa shape index (κ1) is 49.5. The molecule has 0 amide bonds. The number of hydrogen-bond acceptors (Lipinski definition) is 12. The molecule has 0 aliphatic rings. The van der Waals surface area contributed by atoms with E-state index < -0.39 is 106 Å². The Bertz CT molecular complexity index is 808. The quantitative estimate of drug-likeness (QED) is 0.0527. The largest absolute Gasteiger partial charge is 0.480 e. The van der Waals surface area contributed by atoms with Crippen molar-refractivity contribution < 1.29 is 97.0 Å². The number of carboxylic acids is 4. The van der Waals surface area contributed by atoms with Crippen molar-refractivity contribution in [2.45, 2.75) is 0 Å². The lowest BCUT2D eigenvalue weighted by molar-refractivity contribution is -0.136. The summed E-state index contributed by atoms with van der Waals surface area (Å²) in [6.45, 7) is -1.76. The van der Waals surface area contributed by atoms with Crippen LogP contribution in [-0.4, -0.2) is 152 Å². The molecule has 0 bridgehead atoms. The van der Waals surface area contributed by atoms with Crippen LogP contribution in [0.1, 0.15) is 0 Å². The lowest BCUT2D eigenvalue weighted by Gasteiger charge is -2.02. The fourth-order valence-corrected chi connectivity index (χ4v) is 2.85. The molecule has 0 aliphatic heterocycles. The SMILES string of the molecule is O=C(O)CNCP(=O)(O)O.O=C(O)CNCP(=O)(O)O.O=C(O)CNCP(=O)(O)O.O=C(O)CNCP(=O)(O)O.[Al]. The van der Waals surface area contributed by atoms with E-state index in [2.05, 4.69) is 21.3 Å². The minimum atomic E-state index is -4.10. The van der Waals surface area contributed by atoms with Gasteiger partial charge in [-0.05, 0) is 0 Å². The van der Waals surface area contributed by atoms with E-state index in [-0.39, 0.29) is 17.4 Å². The van der Waals surface area contributed by atoms with Crippen LogP contribution in [0.3, 0.4) is 0 Å². The van der Waals surface area contributed by atoms with Crippen LogP contribution in [0.4, 0.5) is 0 Å². The Kier molecular flexibility index (Phi) is 30.6. The van der Waals surface area contributed by atoms with Gasteiger partial charge in [-0.3, -0.25) is 58.7 Å². The molecule has 24 nitrogen and oxygen atoms in total. The molecule has 16 N–H and O–H groups in total. The van der Waals surface area contributed by atoms with Crippen molar-refractivity contribution in [3.63, 3.8) is 0 Å². The van der Waals surface area contributed by atoms with Gasteiger partial charge in [-0.2, -0.15) is 0 Å². The summed E-state index contributed by atoms with van der Waals surface area (Å²) in [4.78, 5) is 105. The summed E-state index contributed by atoms with van der Waals surface area (Å²) >= 11 is 0. The molecule has 29 heteroatoms. The second kappa shape index (κ2) is 25.4. The maximum atomic E-state index is 10.1. The van der Waals surface area contributed by atoms with Crippen LogP contribution in [0.5, 0.6) is 0 Å². The predicted octanol–water partition coefficient (Wildman–Crippen LogP) is -5.20. The first-order valence-electron chi connectivity index (χ1n) is 9.55. The van der Waals surface area contributed by atoms with Gasteiger partial charge in [0.2, 0.25) is 0 Å². The molecule has 0 fully saturated rings. The predicted molar refractivity (Wildman–Crippen MR) is 136 cm³/mol. The summed E-state index contributed by atoms with van der Waals surface area (Å²) in [7, 11) is -16.4. The maximum Gasteiger partial charge on any atom is 0.339 e. The topological polar surface area (TPSA) is 427 Å². The van der Waals surface area contributed by atoms with Crippen LogP contribution in [0.2, 0.25) is 0 Å². The zero-order valence-corrected chi connectivity index (χ0v) is 25.4. The van der Waals surface area contributed by atoms with Crippen LogP contribution in [0, 0.1) is 0 Å². The molecule has 0 aliphatic carbocycles. The summed E-state index contributed by atoms with van der Waals surface area (Å²) in [5.74, 6) is -4.58. The van der Waals surface area contributed by atoms with Gasteiger partial charge in [-0.25, -0.2) is 0 Å². The molecular formula is C12H32AlN4O20P4. The van der Waals surface area contributed by atoms with Gasteiger partial charge in [0, 0.05) is 17.4 Å². The molecule has 0 spiro atoms. The van der Waals surface area contributed by atoms with Crippen molar-refractivity contribution in [3.05, 3.63) is 0 Å². The molecule has 0 atom stereocenters. The van der Waals surface area contributed by atoms with E-state index >= 15 is 0 Å². The molecule has 0 aromatic heterocycles. The van der Waals surface area contributed by atoms with Gasteiger partial charge in [0.25, 0.3) is 0 Å². The van der Waals surface area contributed by atoms with Crippen LogP contribution in [0.15, 0.2) is 0 Å². The van der Waals surface area contributed by atoms with Gasteiger partial charge in [-0.15, -0.1) is 0 Å². The lowest BCUT2D eigenvalue weighted by atomic mass is 10.7. The first-order chi connectivity index (χ1) is 17.7. The van der Waals surface area contributed by atoms with Crippen molar-refractivity contribution in [1.29, 1.82) is 0 Å². The van der Waals surface area contributed by atoms with E-state index in [1.807, 2.05) is 0 Å². The summed E-state index contributed by atoms with van der Waals surface area (Å²) in [5, 5.41) is 40.2. The van der Waals surface area contributed by atoms with E-state index in [0.29, 0.717) is 0 Å². The van der Waals surface area contributed by atoms with E-state index in [9.17, 15) is 37.4 Å². The van der Waals surface area contributed by atoms with Crippen LogP contribution < -0.4 is 21.3 Å². The molecule has 0 saturated carbocycles. The summed E-state index contributed by atoms with van der Waals surface area (Å²) in [6.07, 6.45) is -2.39. The molecule has 0 unspecified atom stereocenters. The van der Waals surface area contributed by atoms with Crippen LogP contribution in [-0.2, 0) is 37.4 Å². The second-order valence-electron chi connectivity index (χ2n) is 6.57. The third kappa shape index (κ3) is 73.2. The normalized spacial score (nSPS) is 11.1. The number of rotatable bonds is 16. The van der Waals surface area contributed by atoms with Crippen molar-refractivity contribution in [3.8, 4) is 0 Å². The van der Waals surface area contributed by atoms with Crippen molar-refractivity contribution >= 4 is 71.6 Å². The van der Waals surface area contributed by atoms with E-state index in [0.717, 1.165) is 0 Å². The summed E-state index contributed by atoms with van der Waals surface area (Å²) < 4.78 is 40.2. The molecule has 243 valence electrons. The smallest absolute Gasteiger partial charge is 0.339 e. The highest BCUT2D eigenvalue weighted by atomic mass is 31.2. The van der Waals surface area contributed by atoms with Crippen molar-refractivity contribution in [1.82, 2.24) is 21.3 Å². The van der Waals surface area contributed by atoms with Gasteiger partial charge >= 0.3 is 54.3 Å². The molecular weight excluding hydrogens is 671 g/mol. The zero-order chi connectivity index (χ0) is 32.8. The molecule has 0 heterocycles. The number of carbonyl (C=O) groups is 4. The standard InChI is InChI=1S/4C3H8NO5P.Al/c4*5-3(6)1-4-2-10(7,8)9;/h4*4H,1-2H2,(H,5,6)(H2,7,8,9);. The van der Waals surface area contributed by atoms with Gasteiger partial charge in [0.15, 0.2) is 0 Å². The third-order valence-corrected chi connectivity index (χ3v) is 4.92. The zero-order valence-electron chi connectivity index (χ0n) is 20.7. The highest BCUT2D eigenvalue weighted by molar-refractivity contribution is 7.52. The summed E-state index contributed by atoms with van der Waals surface area (Å²) in [5.41, 5.74) is 0. The average Bonchev–Trinajstić information content (AvgIpc) is 2.64. The molecule has 0 aromatic carbocycles. The maximum absolute atomic E-state index is 10.1. The number of nitrogens with one attached hydrogen (secondary N) is 4. The van der Waals surface area contributed by atoms with Gasteiger partial charge in [0.05, 0.1) is 51.3 Å². The monoisotopic (exact) mass is 703 g/mol. The van der Waals surface area contributed by atoms with E-state index in [1.54, 1.807) is 0 Å². The molecule has 3 radical (unpaired) electrons. The van der Waals surface area contributed by atoms with Gasteiger partial charge in [0.1, 0.15) is 0 Å². The van der Waals surface area contributed by atoms with Crippen LogP contribution in [0.25, 0.3) is 0 Å². The minimum Gasteiger partial charge on any atom is -0.480 e. The Morgan fingerprint density at radius 2 is 0.512 bits per heavy atom. The fourth-order valence-electron chi connectivity index (χ4n) is 1.23. The lowest BCUT2D eigenvalue weighted by Crippen LogP contribution is -2.23. The van der Waals surface area contributed by atoms with Gasteiger partial charge < -0.3 is 59.6 Å². The highest BCUT2D eigenvalue weighted by Gasteiger charge is 2.13. The molecule has 0 saturated heterocycles. The van der Waals surface area contributed by atoms with Crippen molar-refractivity contribution in [2.24, 2.45) is 0 Å². The Balaban J connectivity index is -0.000000139. The molecule has 0 aromatic rings. The Labute approximate surface area is 241 Å². The number of aliphatic carboxylic acids is 4. The Morgan fingerprint density at radius 3 is 0.585 bits per heavy atom. The highest BCUT2D eigenvalue weighted by Crippen LogP contribution is 2.33. The van der Waals surface area contributed by atoms with Crippen molar-refractivity contribution in [2.75, 3.05) is 51.3 Å². The second-order valence-corrected chi connectivity index (χ2v) is 13.2. The van der Waals surface area contributed by atoms with E-state index in [4.69, 9.17) is 59.6 Å². The number of hydrogen-bond donors (Lipinski definition) is 16. The number of carboxylic acid groups (broad SMARTS) is 4. The average molecular weight is 703 g/mol. The third-order valence-electron chi connectivity index (χ3n) is 2.38. The molecule has 41 heavy (non-hydrogen) atoms. The first-order valence-corrected chi connectivity index (χ1v) is 16.7. The Hall–Kier alpha value is -1.15. The van der Waals surface area contributed by atoms with Crippen LogP contribution >= 0.6 is 30.4 Å². The van der Waals surface area contributed by atoms with Gasteiger partial charge in [-0.1, -0.05) is 0 Å². The fraction of sp³-hybridized carbons (Fsp3) is 0.667. The Morgan fingerprint density at radius 1 is 0.390 bits per heavy atom.